The van der Waals surface area contributed by atoms with Crippen molar-refractivity contribution in [2.24, 2.45) is 22.2 Å². The summed E-state index contributed by atoms with van der Waals surface area (Å²) in [7, 11) is 0. The van der Waals surface area contributed by atoms with E-state index in [2.05, 4.69) is 71.0 Å². The summed E-state index contributed by atoms with van der Waals surface area (Å²) < 4.78 is 6.65. The van der Waals surface area contributed by atoms with Crippen LogP contribution in [0, 0.1) is 22.2 Å². The van der Waals surface area contributed by atoms with Crippen molar-refractivity contribution in [2.45, 2.75) is 65.9 Å². The van der Waals surface area contributed by atoms with Crippen LogP contribution >= 0.6 is 0 Å². The molecule has 0 radical (unpaired) electrons. The fraction of sp³-hybridized carbons (Fsp3) is 0.636. The largest absolute Gasteiger partial charge is 0.491 e. The van der Waals surface area contributed by atoms with Crippen molar-refractivity contribution in [2.75, 3.05) is 0 Å². The van der Waals surface area contributed by atoms with Gasteiger partial charge in [-0.3, -0.25) is 0 Å². The first kappa shape index (κ1) is 15.3. The molecule has 0 aliphatic heterocycles. The lowest BCUT2D eigenvalue weighted by Gasteiger charge is -2.32. The topological polar surface area (TPSA) is 9.23 Å². The average molecular weight is 310 g/mol. The maximum atomic E-state index is 6.65. The normalized spacial score (nSPS) is 39.7. The van der Waals surface area contributed by atoms with Gasteiger partial charge in [0.05, 0.1) is 5.76 Å². The van der Waals surface area contributed by atoms with Gasteiger partial charge in [-0.15, -0.1) is 0 Å². The van der Waals surface area contributed by atoms with Crippen molar-refractivity contribution in [1.82, 2.24) is 0 Å². The SMILES string of the molecule is C/C(=C/c1ccccc1)OC12C[C@@]13C2C(C)(C)CCCC3(C)C. The number of fused-ring (bicyclic) bond motifs is 1. The zero-order valence-electron chi connectivity index (χ0n) is 15.3. The molecule has 3 aliphatic rings. The molecule has 3 aliphatic carbocycles. The number of allylic oxidation sites excluding steroid dienone is 1. The molecule has 1 spiro atoms. The highest BCUT2D eigenvalue weighted by molar-refractivity contribution is 5.53. The average Bonchev–Trinajstić information content (AvgIpc) is 3.24. The van der Waals surface area contributed by atoms with E-state index in [-0.39, 0.29) is 5.60 Å². The molecule has 0 N–H and O–H groups in total. The summed E-state index contributed by atoms with van der Waals surface area (Å²) in [4.78, 5) is 0. The Morgan fingerprint density at radius 3 is 2.48 bits per heavy atom. The summed E-state index contributed by atoms with van der Waals surface area (Å²) in [6, 6.07) is 10.5. The zero-order valence-corrected chi connectivity index (χ0v) is 15.3. The molecule has 23 heavy (non-hydrogen) atoms. The maximum Gasteiger partial charge on any atom is 0.120 e. The van der Waals surface area contributed by atoms with Gasteiger partial charge in [-0.25, -0.2) is 0 Å². The monoisotopic (exact) mass is 310 g/mol. The Hall–Kier alpha value is -1.24. The van der Waals surface area contributed by atoms with Crippen molar-refractivity contribution in [3.8, 4) is 0 Å². The van der Waals surface area contributed by atoms with Crippen molar-refractivity contribution in [3.63, 3.8) is 0 Å². The summed E-state index contributed by atoms with van der Waals surface area (Å²) in [6.45, 7) is 12.0. The molecule has 0 saturated heterocycles. The van der Waals surface area contributed by atoms with Gasteiger partial charge < -0.3 is 4.74 Å². The molecule has 0 amide bonds. The summed E-state index contributed by atoms with van der Waals surface area (Å²) in [5.41, 5.74) is 2.63. The molecule has 0 heterocycles. The lowest BCUT2D eigenvalue weighted by atomic mass is 9.72. The lowest BCUT2D eigenvalue weighted by molar-refractivity contribution is 0.0753. The van der Waals surface area contributed by atoms with Crippen LogP contribution < -0.4 is 0 Å². The summed E-state index contributed by atoms with van der Waals surface area (Å²) >= 11 is 0. The molecule has 1 heteroatoms. The first-order valence-corrected chi connectivity index (χ1v) is 9.18. The molecule has 3 fully saturated rings. The lowest BCUT2D eigenvalue weighted by Crippen LogP contribution is -2.27. The molecule has 3 saturated carbocycles. The second kappa shape index (κ2) is 4.43. The van der Waals surface area contributed by atoms with Crippen LogP contribution in [-0.2, 0) is 4.74 Å². The highest BCUT2D eigenvalue weighted by atomic mass is 16.5. The van der Waals surface area contributed by atoms with Crippen LogP contribution in [-0.4, -0.2) is 5.60 Å². The van der Waals surface area contributed by atoms with E-state index in [0.717, 1.165) is 11.7 Å². The predicted octanol–water partition coefficient (Wildman–Crippen LogP) is 6.06. The minimum Gasteiger partial charge on any atom is -0.491 e. The molecule has 3 atom stereocenters. The van der Waals surface area contributed by atoms with E-state index in [0.29, 0.717) is 16.2 Å². The van der Waals surface area contributed by atoms with Crippen LogP contribution in [0.3, 0.4) is 0 Å². The standard InChI is InChI=1S/C22H30O/c1-16(14-17-10-7-6-8-11-17)23-22-15-21(22)18(22)19(2,3)12-9-13-20(21,4)5/h6-8,10-11,14,18H,9,12-13,15H2,1-5H3/b16-14-/t18?,21-,22?/m0/s1. The number of hydrogen-bond acceptors (Lipinski definition) is 1. The summed E-state index contributed by atoms with van der Waals surface area (Å²) in [5, 5.41) is 0. The van der Waals surface area contributed by atoms with Gasteiger partial charge in [-0.2, -0.15) is 0 Å². The van der Waals surface area contributed by atoms with E-state index < -0.39 is 0 Å². The van der Waals surface area contributed by atoms with Crippen LogP contribution in [0.15, 0.2) is 36.1 Å². The Bertz CT molecular complexity index is 654. The number of hydrogen-bond donors (Lipinski definition) is 0. The van der Waals surface area contributed by atoms with E-state index in [1.807, 2.05) is 0 Å². The molecular weight excluding hydrogens is 280 g/mol. The minimum atomic E-state index is 0.135. The maximum absolute atomic E-state index is 6.65. The molecular formula is C22H30O. The van der Waals surface area contributed by atoms with Gasteiger partial charge in [0, 0.05) is 11.3 Å². The van der Waals surface area contributed by atoms with Gasteiger partial charge in [0.1, 0.15) is 5.60 Å². The van der Waals surface area contributed by atoms with E-state index in [9.17, 15) is 0 Å². The van der Waals surface area contributed by atoms with Crippen LogP contribution in [0.4, 0.5) is 0 Å². The van der Waals surface area contributed by atoms with E-state index >= 15 is 0 Å². The summed E-state index contributed by atoms with van der Waals surface area (Å²) in [6.07, 6.45) is 7.52. The molecule has 124 valence electrons. The Labute approximate surface area is 141 Å². The second-order valence-electron chi connectivity index (χ2n) is 9.46. The van der Waals surface area contributed by atoms with E-state index in [1.54, 1.807) is 0 Å². The number of ether oxygens (including phenoxy) is 1. The second-order valence-corrected chi connectivity index (χ2v) is 9.46. The molecule has 1 aromatic rings. The van der Waals surface area contributed by atoms with Crippen LogP contribution in [0.5, 0.6) is 0 Å². The molecule has 1 nitrogen and oxygen atoms in total. The fourth-order valence-electron chi connectivity index (χ4n) is 6.16. The molecule has 4 rings (SSSR count). The van der Waals surface area contributed by atoms with Crippen molar-refractivity contribution in [3.05, 3.63) is 41.7 Å². The van der Waals surface area contributed by atoms with Crippen molar-refractivity contribution < 1.29 is 4.74 Å². The Kier molecular flexibility index (Phi) is 2.95. The summed E-state index contributed by atoms with van der Waals surface area (Å²) in [5.74, 6) is 1.81. The van der Waals surface area contributed by atoms with Crippen molar-refractivity contribution in [1.29, 1.82) is 0 Å². The van der Waals surface area contributed by atoms with Gasteiger partial charge >= 0.3 is 0 Å². The Morgan fingerprint density at radius 1 is 1.09 bits per heavy atom. The molecule has 0 aromatic heterocycles. The smallest absolute Gasteiger partial charge is 0.120 e. The third-order valence-electron chi connectivity index (χ3n) is 7.17. The Morgan fingerprint density at radius 2 is 1.78 bits per heavy atom. The van der Waals surface area contributed by atoms with Gasteiger partial charge in [-0.1, -0.05) is 64.4 Å². The molecule has 0 bridgehead atoms. The van der Waals surface area contributed by atoms with Gasteiger partial charge in [0.2, 0.25) is 0 Å². The first-order chi connectivity index (χ1) is 10.8. The zero-order chi connectivity index (χ0) is 16.5. The fourth-order valence-corrected chi connectivity index (χ4v) is 6.16. The highest BCUT2D eigenvalue weighted by Gasteiger charge is 2.99. The molecule has 1 aromatic carbocycles. The van der Waals surface area contributed by atoms with Gasteiger partial charge in [-0.05, 0) is 48.7 Å². The highest BCUT2D eigenvalue weighted by Crippen LogP contribution is 2.95. The van der Waals surface area contributed by atoms with Crippen LogP contribution in [0.2, 0.25) is 0 Å². The van der Waals surface area contributed by atoms with Gasteiger partial charge in [0.25, 0.3) is 0 Å². The van der Waals surface area contributed by atoms with Crippen LogP contribution in [0.25, 0.3) is 6.08 Å². The van der Waals surface area contributed by atoms with E-state index in [1.165, 1.54) is 31.2 Å². The third kappa shape index (κ3) is 1.92. The van der Waals surface area contributed by atoms with Gasteiger partial charge in [0.15, 0.2) is 0 Å². The van der Waals surface area contributed by atoms with E-state index in [4.69, 9.17) is 4.74 Å². The number of rotatable bonds is 3. The van der Waals surface area contributed by atoms with Crippen LogP contribution in [0.1, 0.15) is 65.9 Å². The first-order valence-electron chi connectivity index (χ1n) is 9.18. The third-order valence-corrected chi connectivity index (χ3v) is 7.17. The quantitative estimate of drug-likeness (QED) is 0.617. The number of benzene rings is 1. The Balaban J connectivity index is 1.60. The van der Waals surface area contributed by atoms with Crippen molar-refractivity contribution >= 4 is 6.08 Å². The predicted molar refractivity (Wildman–Crippen MR) is 95.9 cm³/mol. The molecule has 2 unspecified atom stereocenters. The minimum absolute atomic E-state index is 0.135.